The molecule has 7 heteroatoms. The number of carbonyl (C=O) groups is 2. The first-order valence-electron chi connectivity index (χ1n) is 8.62. The molecule has 7 nitrogen and oxygen atoms in total. The smallest absolute Gasteiger partial charge is 0.337 e. The minimum Gasteiger partial charge on any atom is -0.478 e. The highest BCUT2D eigenvalue weighted by atomic mass is 16.7. The molecule has 1 aliphatic rings. The van der Waals surface area contributed by atoms with Crippen LogP contribution in [0.4, 0.5) is 0 Å². The Kier molecular flexibility index (Phi) is 5.64. The van der Waals surface area contributed by atoms with Gasteiger partial charge in [0.2, 0.25) is 6.79 Å². The van der Waals surface area contributed by atoms with Crippen molar-refractivity contribution >= 4 is 28.9 Å². The predicted molar refractivity (Wildman–Crippen MR) is 104 cm³/mol. The summed E-state index contributed by atoms with van der Waals surface area (Å²) in [6, 6.07) is 12.4. The molecule has 2 aromatic carbocycles. The third-order valence-electron chi connectivity index (χ3n) is 4.21. The van der Waals surface area contributed by atoms with Crippen molar-refractivity contribution in [2.75, 3.05) is 6.79 Å². The number of aromatic amines is 1. The van der Waals surface area contributed by atoms with Crippen molar-refractivity contribution in [3.05, 3.63) is 65.4 Å². The van der Waals surface area contributed by atoms with Gasteiger partial charge in [-0.15, -0.1) is 0 Å². The van der Waals surface area contributed by atoms with E-state index in [1.54, 1.807) is 36.5 Å². The predicted octanol–water partition coefficient (Wildman–Crippen LogP) is 4.16. The van der Waals surface area contributed by atoms with Crippen molar-refractivity contribution in [1.82, 2.24) is 4.98 Å². The van der Waals surface area contributed by atoms with Crippen LogP contribution in [0.5, 0.6) is 11.5 Å². The molecule has 3 aromatic rings. The summed E-state index contributed by atoms with van der Waals surface area (Å²) in [5, 5.41) is 18.6. The summed E-state index contributed by atoms with van der Waals surface area (Å²) in [7, 11) is 0. The van der Waals surface area contributed by atoms with Crippen molar-refractivity contribution in [2.45, 2.75) is 13.3 Å². The molecule has 0 saturated carbocycles. The van der Waals surface area contributed by atoms with Crippen molar-refractivity contribution in [1.29, 1.82) is 0 Å². The van der Waals surface area contributed by atoms with Gasteiger partial charge in [-0.05, 0) is 42.3 Å². The number of nitrogens with one attached hydrogen (secondary N) is 1. The number of carboxylic acids is 2. The quantitative estimate of drug-likeness (QED) is 0.586. The van der Waals surface area contributed by atoms with E-state index in [4.69, 9.17) is 19.7 Å². The molecule has 0 saturated heterocycles. The summed E-state index contributed by atoms with van der Waals surface area (Å²) < 4.78 is 10.4. The molecule has 4 rings (SSSR count). The molecule has 0 fully saturated rings. The second-order valence-electron chi connectivity index (χ2n) is 5.99. The largest absolute Gasteiger partial charge is 0.478 e. The Hall–Kier alpha value is -3.74. The fourth-order valence-corrected chi connectivity index (χ4v) is 2.78. The Labute approximate surface area is 160 Å². The minimum absolute atomic E-state index is 0.224. The third kappa shape index (κ3) is 4.15. The van der Waals surface area contributed by atoms with Gasteiger partial charge in [0.15, 0.2) is 11.5 Å². The zero-order valence-electron chi connectivity index (χ0n) is 15.1. The number of aromatic nitrogens is 1. The first kappa shape index (κ1) is 19.0. The topological polar surface area (TPSA) is 109 Å². The lowest BCUT2D eigenvalue weighted by molar-refractivity contribution is -0.132. The van der Waals surface area contributed by atoms with Gasteiger partial charge in [0.1, 0.15) is 0 Å². The van der Waals surface area contributed by atoms with Crippen molar-refractivity contribution in [3.63, 3.8) is 0 Å². The van der Waals surface area contributed by atoms with Crippen LogP contribution in [0.1, 0.15) is 29.3 Å². The van der Waals surface area contributed by atoms with E-state index in [0.717, 1.165) is 10.9 Å². The maximum atomic E-state index is 10.8. The molecule has 28 heavy (non-hydrogen) atoms. The summed E-state index contributed by atoms with van der Waals surface area (Å²) in [5.41, 5.74) is 2.19. The van der Waals surface area contributed by atoms with Gasteiger partial charge in [-0.1, -0.05) is 25.1 Å². The lowest BCUT2D eigenvalue weighted by Crippen LogP contribution is -1.98. The number of benzene rings is 2. The van der Waals surface area contributed by atoms with Crippen LogP contribution in [0, 0.1) is 0 Å². The van der Waals surface area contributed by atoms with E-state index in [1.807, 2.05) is 25.1 Å². The third-order valence-corrected chi connectivity index (χ3v) is 4.21. The van der Waals surface area contributed by atoms with E-state index in [2.05, 4.69) is 4.98 Å². The normalized spacial score (nSPS) is 12.4. The lowest BCUT2D eigenvalue weighted by atomic mass is 10.1. The average Bonchev–Trinajstić information content (AvgIpc) is 3.34. The number of hydrogen-bond donors (Lipinski definition) is 3. The molecule has 3 N–H and O–H groups in total. The van der Waals surface area contributed by atoms with Crippen molar-refractivity contribution < 1.29 is 29.3 Å². The molecule has 0 radical (unpaired) electrons. The number of carboxylic acid groups (broad SMARTS) is 2. The van der Waals surface area contributed by atoms with Gasteiger partial charge in [-0.25, -0.2) is 9.59 Å². The number of ether oxygens (including phenoxy) is 2. The van der Waals surface area contributed by atoms with E-state index in [-0.39, 0.29) is 6.79 Å². The zero-order chi connectivity index (χ0) is 20.1. The van der Waals surface area contributed by atoms with Gasteiger partial charge in [0, 0.05) is 17.2 Å². The van der Waals surface area contributed by atoms with Crippen LogP contribution >= 0.6 is 0 Å². The highest BCUT2D eigenvalue weighted by Crippen LogP contribution is 2.33. The molecule has 0 unspecified atom stereocenters. The summed E-state index contributed by atoms with van der Waals surface area (Å²) in [4.78, 5) is 24.4. The molecular formula is C21H19NO6. The number of para-hydroxylation sites is 1. The monoisotopic (exact) mass is 381 g/mol. The van der Waals surface area contributed by atoms with Crippen LogP contribution in [-0.2, 0) is 4.79 Å². The van der Waals surface area contributed by atoms with Crippen LogP contribution < -0.4 is 9.47 Å². The van der Waals surface area contributed by atoms with E-state index in [1.165, 1.54) is 0 Å². The number of aliphatic carboxylic acids is 1. The van der Waals surface area contributed by atoms with Gasteiger partial charge in [-0.3, -0.25) is 0 Å². The second kappa shape index (κ2) is 8.30. The molecule has 144 valence electrons. The molecule has 2 heterocycles. The Morgan fingerprint density at radius 2 is 1.89 bits per heavy atom. The van der Waals surface area contributed by atoms with Crippen LogP contribution in [0.25, 0.3) is 17.0 Å². The summed E-state index contributed by atoms with van der Waals surface area (Å²) in [6.07, 6.45) is 3.87. The Morgan fingerprint density at radius 1 is 1.11 bits per heavy atom. The standard InChI is InChI=1S/C12H12O4.C9H7NO2/c1-2-9(12(13)14)5-8-3-4-10-11(6-8)16-7-15-10;11-9(12)7-3-1-2-6-4-5-10-8(6)7/h3-6H,2,7H2,1H3,(H,13,14);1-5,10H,(H,11,12). The average molecular weight is 381 g/mol. The van der Waals surface area contributed by atoms with Crippen LogP contribution in [0.2, 0.25) is 0 Å². The maximum absolute atomic E-state index is 10.8. The van der Waals surface area contributed by atoms with Crippen LogP contribution in [0.15, 0.2) is 54.2 Å². The fourth-order valence-electron chi connectivity index (χ4n) is 2.78. The highest BCUT2D eigenvalue weighted by molar-refractivity contribution is 6.01. The number of aromatic carboxylic acids is 1. The highest BCUT2D eigenvalue weighted by Gasteiger charge is 2.13. The van der Waals surface area contributed by atoms with Gasteiger partial charge in [0.05, 0.1) is 11.1 Å². The Morgan fingerprint density at radius 3 is 2.61 bits per heavy atom. The molecule has 0 amide bonds. The molecule has 0 bridgehead atoms. The minimum atomic E-state index is -0.900. The first-order valence-corrected chi connectivity index (χ1v) is 8.62. The van der Waals surface area contributed by atoms with E-state index in [9.17, 15) is 9.59 Å². The van der Waals surface area contributed by atoms with Gasteiger partial charge in [-0.2, -0.15) is 0 Å². The van der Waals surface area contributed by atoms with Gasteiger partial charge >= 0.3 is 11.9 Å². The Balaban J connectivity index is 0.000000167. The number of fused-ring (bicyclic) bond motifs is 2. The molecule has 0 aliphatic carbocycles. The van der Waals surface area contributed by atoms with Gasteiger partial charge in [0.25, 0.3) is 0 Å². The first-order chi connectivity index (χ1) is 13.5. The summed E-state index contributed by atoms with van der Waals surface area (Å²) in [6.45, 7) is 2.04. The number of hydrogen-bond acceptors (Lipinski definition) is 4. The zero-order valence-corrected chi connectivity index (χ0v) is 15.1. The summed E-state index contributed by atoms with van der Waals surface area (Å²) in [5.74, 6) is -0.427. The van der Waals surface area contributed by atoms with Crippen LogP contribution in [-0.4, -0.2) is 33.9 Å². The molecule has 0 atom stereocenters. The fraction of sp³-hybridized carbons (Fsp3) is 0.143. The molecule has 1 aliphatic heterocycles. The van der Waals surface area contributed by atoms with Crippen LogP contribution in [0.3, 0.4) is 0 Å². The van der Waals surface area contributed by atoms with Crippen molar-refractivity contribution in [2.24, 2.45) is 0 Å². The van der Waals surface area contributed by atoms with Crippen molar-refractivity contribution in [3.8, 4) is 11.5 Å². The van der Waals surface area contributed by atoms with E-state index >= 15 is 0 Å². The molecule has 0 spiro atoms. The molecule has 1 aromatic heterocycles. The van der Waals surface area contributed by atoms with E-state index in [0.29, 0.717) is 34.6 Å². The lowest BCUT2D eigenvalue weighted by Gasteiger charge is -2.00. The number of rotatable bonds is 4. The second-order valence-corrected chi connectivity index (χ2v) is 5.99. The van der Waals surface area contributed by atoms with E-state index < -0.39 is 11.9 Å². The van der Waals surface area contributed by atoms with Gasteiger partial charge < -0.3 is 24.7 Å². The number of H-pyrrole nitrogens is 1. The molecular weight excluding hydrogens is 362 g/mol. The maximum Gasteiger partial charge on any atom is 0.337 e. The Bertz CT molecular complexity index is 1050. The SMILES string of the molecule is CCC(=Cc1ccc2c(c1)OCO2)C(=O)O.O=C(O)c1cccc2cc[nH]c12. The summed E-state index contributed by atoms with van der Waals surface area (Å²) >= 11 is 0.